The van der Waals surface area contributed by atoms with Gasteiger partial charge in [0.25, 0.3) is 0 Å². The highest BCUT2D eigenvalue weighted by atomic mass is 35.5. The molecule has 0 N–H and O–H groups in total. The highest BCUT2D eigenvalue weighted by molar-refractivity contribution is 5.91. The average Bonchev–Trinajstić information content (AvgIpc) is 2.59. The standard InChI is InChI=1S/C22H22NO4.ClH/c1-15-12-21(24)27-20-13-17(10-11-18(15)20)26-22(25)14-19(23(2,3)4)16-8-6-5-7-9-16;/h5-14H,1-4H3;1H/q+1;/p-1/b19-14-;. The van der Waals surface area contributed by atoms with Crippen molar-refractivity contribution in [2.24, 2.45) is 0 Å². The molecule has 0 atom stereocenters. The van der Waals surface area contributed by atoms with Crippen molar-refractivity contribution in [3.05, 3.63) is 82.2 Å². The molecule has 0 saturated heterocycles. The number of halogens is 1. The number of fused-ring (bicyclic) bond motifs is 1. The maximum absolute atomic E-state index is 12.5. The SMILES string of the molecule is Cc1cc(=O)oc2cc(OC(=O)/C=C(/c3ccccc3)[N+](C)(C)C)ccc12.[Cl-]. The van der Waals surface area contributed by atoms with Crippen LogP contribution in [0.4, 0.5) is 0 Å². The lowest BCUT2D eigenvalue weighted by molar-refractivity contribution is -0.796. The van der Waals surface area contributed by atoms with E-state index >= 15 is 0 Å². The quantitative estimate of drug-likeness (QED) is 0.214. The minimum absolute atomic E-state index is 0. The minimum atomic E-state index is -0.490. The van der Waals surface area contributed by atoms with Crippen molar-refractivity contribution in [1.29, 1.82) is 0 Å². The molecule has 0 unspecified atom stereocenters. The Bertz CT molecular complexity index is 1080. The van der Waals surface area contributed by atoms with Gasteiger partial charge in [-0.05, 0) is 36.8 Å². The Morgan fingerprint density at radius 1 is 1.04 bits per heavy atom. The summed E-state index contributed by atoms with van der Waals surface area (Å²) >= 11 is 0. The third-order valence-corrected chi connectivity index (χ3v) is 4.19. The van der Waals surface area contributed by atoms with Gasteiger partial charge in [-0.1, -0.05) is 18.2 Å². The van der Waals surface area contributed by atoms with Crippen LogP contribution in [0.3, 0.4) is 0 Å². The van der Waals surface area contributed by atoms with Crippen LogP contribution in [-0.2, 0) is 4.79 Å². The number of carbonyl (C=O) groups excluding carboxylic acids is 1. The predicted octanol–water partition coefficient (Wildman–Crippen LogP) is 0.758. The Balaban J connectivity index is 0.00000280. The molecule has 1 aromatic heterocycles. The van der Waals surface area contributed by atoms with Gasteiger partial charge in [-0.3, -0.25) is 4.48 Å². The van der Waals surface area contributed by atoms with Gasteiger partial charge in [-0.25, -0.2) is 9.59 Å². The summed E-state index contributed by atoms with van der Waals surface area (Å²) in [5, 5.41) is 0.807. The van der Waals surface area contributed by atoms with Gasteiger partial charge in [0.05, 0.1) is 27.2 Å². The van der Waals surface area contributed by atoms with Crippen LogP contribution in [0, 0.1) is 6.92 Å². The average molecular weight is 400 g/mol. The maximum Gasteiger partial charge on any atom is 0.342 e. The normalized spacial score (nSPS) is 11.8. The number of carbonyl (C=O) groups is 1. The van der Waals surface area contributed by atoms with Crippen molar-refractivity contribution in [1.82, 2.24) is 0 Å². The number of esters is 1. The van der Waals surface area contributed by atoms with E-state index in [4.69, 9.17) is 9.15 Å². The molecule has 2 aromatic carbocycles. The molecule has 0 radical (unpaired) electrons. The van der Waals surface area contributed by atoms with Crippen LogP contribution >= 0.6 is 0 Å². The van der Waals surface area contributed by atoms with Gasteiger partial charge in [-0.15, -0.1) is 0 Å². The maximum atomic E-state index is 12.5. The van der Waals surface area contributed by atoms with Crippen LogP contribution in [0.1, 0.15) is 11.1 Å². The highest BCUT2D eigenvalue weighted by Crippen LogP contribution is 2.24. The molecular weight excluding hydrogens is 378 g/mol. The summed E-state index contributed by atoms with van der Waals surface area (Å²) in [5.74, 6) is -0.164. The van der Waals surface area contributed by atoms with Crippen LogP contribution in [0.5, 0.6) is 5.75 Å². The Morgan fingerprint density at radius 2 is 1.71 bits per heavy atom. The molecule has 0 spiro atoms. The second-order valence-electron chi connectivity index (χ2n) is 7.24. The first-order valence-electron chi connectivity index (χ1n) is 8.59. The Labute approximate surface area is 169 Å². The van der Waals surface area contributed by atoms with E-state index in [0.29, 0.717) is 15.8 Å². The number of hydrogen-bond donors (Lipinski definition) is 0. The van der Waals surface area contributed by atoms with Crippen molar-refractivity contribution in [3.63, 3.8) is 0 Å². The highest BCUT2D eigenvalue weighted by Gasteiger charge is 2.20. The fourth-order valence-corrected chi connectivity index (χ4v) is 2.90. The zero-order chi connectivity index (χ0) is 19.6. The number of rotatable bonds is 4. The summed E-state index contributed by atoms with van der Waals surface area (Å²) in [6.07, 6.45) is 1.49. The van der Waals surface area contributed by atoms with E-state index < -0.39 is 11.6 Å². The van der Waals surface area contributed by atoms with Crippen molar-refractivity contribution in [2.45, 2.75) is 6.92 Å². The van der Waals surface area contributed by atoms with Gasteiger partial charge in [0, 0.05) is 23.1 Å². The molecule has 3 aromatic rings. The number of aryl methyl sites for hydroxylation is 1. The molecule has 0 aliphatic rings. The molecule has 3 rings (SSSR count). The van der Waals surface area contributed by atoms with E-state index in [1.54, 1.807) is 18.2 Å². The number of ether oxygens (including phenoxy) is 1. The monoisotopic (exact) mass is 399 g/mol. The van der Waals surface area contributed by atoms with Gasteiger partial charge in [0.1, 0.15) is 17.0 Å². The summed E-state index contributed by atoms with van der Waals surface area (Å²) in [6.45, 7) is 1.83. The number of quaternary nitrogens is 1. The van der Waals surface area contributed by atoms with Gasteiger partial charge in [0.15, 0.2) is 0 Å². The number of benzene rings is 2. The molecule has 1 heterocycles. The van der Waals surface area contributed by atoms with Gasteiger partial charge < -0.3 is 21.6 Å². The molecule has 0 fully saturated rings. The van der Waals surface area contributed by atoms with Crippen LogP contribution in [-0.4, -0.2) is 31.6 Å². The van der Waals surface area contributed by atoms with E-state index in [1.807, 2.05) is 58.4 Å². The number of hydrogen-bond acceptors (Lipinski definition) is 4. The molecule has 6 heteroatoms. The van der Waals surface area contributed by atoms with E-state index in [9.17, 15) is 9.59 Å². The first-order valence-corrected chi connectivity index (χ1v) is 8.59. The van der Waals surface area contributed by atoms with Crippen molar-refractivity contribution in [2.75, 3.05) is 21.1 Å². The van der Waals surface area contributed by atoms with Crippen LogP contribution in [0.15, 0.2) is 69.9 Å². The Hall–Kier alpha value is -2.89. The molecule has 0 amide bonds. The first kappa shape index (κ1) is 21.4. The summed E-state index contributed by atoms with van der Waals surface area (Å²) in [7, 11) is 5.96. The summed E-state index contributed by atoms with van der Waals surface area (Å²) in [4.78, 5) is 24.1. The topological polar surface area (TPSA) is 56.5 Å². The lowest BCUT2D eigenvalue weighted by Gasteiger charge is -2.26. The fraction of sp³-hybridized carbons (Fsp3) is 0.182. The van der Waals surface area contributed by atoms with Crippen molar-refractivity contribution in [3.8, 4) is 5.75 Å². The van der Waals surface area contributed by atoms with Crippen molar-refractivity contribution >= 4 is 22.6 Å². The fourth-order valence-electron chi connectivity index (χ4n) is 2.90. The second-order valence-corrected chi connectivity index (χ2v) is 7.24. The lowest BCUT2D eigenvalue weighted by atomic mass is 10.1. The van der Waals surface area contributed by atoms with Gasteiger partial charge in [-0.2, -0.15) is 0 Å². The predicted molar refractivity (Wildman–Crippen MR) is 105 cm³/mol. The summed E-state index contributed by atoms with van der Waals surface area (Å²) in [6, 6.07) is 16.2. The molecule has 28 heavy (non-hydrogen) atoms. The molecular formula is C22H22ClNO4. The third-order valence-electron chi connectivity index (χ3n) is 4.19. The zero-order valence-corrected chi connectivity index (χ0v) is 17.0. The molecule has 0 bridgehead atoms. The third kappa shape index (κ3) is 4.88. The number of nitrogens with zero attached hydrogens (tertiary/aromatic N) is 1. The minimum Gasteiger partial charge on any atom is -1.00 e. The van der Waals surface area contributed by atoms with Crippen LogP contribution in [0.2, 0.25) is 0 Å². The second kappa shape index (κ2) is 8.42. The largest absolute Gasteiger partial charge is 1.00 e. The van der Waals surface area contributed by atoms with Crippen LogP contribution in [0.25, 0.3) is 16.7 Å². The van der Waals surface area contributed by atoms with Gasteiger partial charge >= 0.3 is 11.6 Å². The van der Waals surface area contributed by atoms with Gasteiger partial charge in [0.2, 0.25) is 0 Å². The lowest BCUT2D eigenvalue weighted by Crippen LogP contribution is -3.00. The molecule has 5 nitrogen and oxygen atoms in total. The van der Waals surface area contributed by atoms with E-state index in [2.05, 4.69) is 0 Å². The molecule has 0 aliphatic carbocycles. The molecule has 146 valence electrons. The smallest absolute Gasteiger partial charge is 0.342 e. The molecule has 0 saturated carbocycles. The van der Waals surface area contributed by atoms with Crippen LogP contribution < -0.4 is 22.8 Å². The van der Waals surface area contributed by atoms with E-state index in [-0.39, 0.29) is 12.4 Å². The van der Waals surface area contributed by atoms with Crippen molar-refractivity contribution < 1.29 is 30.8 Å². The first-order chi connectivity index (χ1) is 12.7. The molecule has 0 aliphatic heterocycles. The summed E-state index contributed by atoms with van der Waals surface area (Å²) in [5.41, 5.74) is 2.55. The Morgan fingerprint density at radius 3 is 2.36 bits per heavy atom. The van der Waals surface area contributed by atoms with E-state index in [1.165, 1.54) is 12.1 Å². The Kier molecular flexibility index (Phi) is 6.44. The zero-order valence-electron chi connectivity index (χ0n) is 16.2. The summed E-state index contributed by atoms with van der Waals surface area (Å²) < 4.78 is 11.1. The van der Waals surface area contributed by atoms with E-state index in [0.717, 1.165) is 22.2 Å².